The van der Waals surface area contributed by atoms with Gasteiger partial charge in [-0.2, -0.15) is 0 Å². The lowest BCUT2D eigenvalue weighted by Crippen LogP contribution is -2.45. The number of carbonyl (C=O) groups is 2. The zero-order valence-electron chi connectivity index (χ0n) is 14.0. The highest BCUT2D eigenvalue weighted by Crippen LogP contribution is 2.29. The molecule has 0 unspecified atom stereocenters. The number of amides is 1. The van der Waals surface area contributed by atoms with Crippen molar-refractivity contribution in [3.05, 3.63) is 29.3 Å². The van der Waals surface area contributed by atoms with Crippen molar-refractivity contribution in [1.82, 2.24) is 10.3 Å². The van der Waals surface area contributed by atoms with E-state index < -0.39 is 5.97 Å². The Kier molecular flexibility index (Phi) is 5.14. The fourth-order valence-electron chi connectivity index (χ4n) is 3.23. The van der Waals surface area contributed by atoms with Crippen LogP contribution in [0, 0.1) is 11.8 Å². The van der Waals surface area contributed by atoms with Gasteiger partial charge in [0.05, 0.1) is 21.3 Å². The van der Waals surface area contributed by atoms with Crippen LogP contribution in [0.25, 0.3) is 10.2 Å². The van der Waals surface area contributed by atoms with Crippen LogP contribution in [0.5, 0.6) is 0 Å². The number of benzene rings is 1. The van der Waals surface area contributed by atoms with E-state index in [0.29, 0.717) is 17.4 Å². The van der Waals surface area contributed by atoms with Crippen LogP contribution in [0.2, 0.25) is 0 Å². The lowest BCUT2D eigenvalue weighted by Gasteiger charge is -2.34. The maximum Gasteiger partial charge on any atom is 0.338 e. The van der Waals surface area contributed by atoms with E-state index in [2.05, 4.69) is 24.1 Å². The largest absolute Gasteiger partial charge is 0.452 e. The van der Waals surface area contributed by atoms with Crippen LogP contribution in [0.3, 0.4) is 0 Å². The molecular formula is C18H22N2O3S. The molecule has 128 valence electrons. The quantitative estimate of drug-likeness (QED) is 0.862. The third-order valence-corrected chi connectivity index (χ3v) is 5.75. The van der Waals surface area contributed by atoms with Crippen molar-refractivity contribution >= 4 is 33.4 Å². The van der Waals surface area contributed by atoms with Gasteiger partial charge in [0.1, 0.15) is 0 Å². The highest BCUT2D eigenvalue weighted by atomic mass is 32.1. The van der Waals surface area contributed by atoms with Gasteiger partial charge in [0.25, 0.3) is 5.91 Å². The Balaban J connectivity index is 1.52. The fourth-order valence-corrected chi connectivity index (χ4v) is 3.95. The molecule has 0 saturated heterocycles. The van der Waals surface area contributed by atoms with Crippen molar-refractivity contribution in [2.75, 3.05) is 6.61 Å². The van der Waals surface area contributed by atoms with Crippen LogP contribution in [-0.2, 0) is 9.53 Å². The van der Waals surface area contributed by atoms with E-state index in [1.54, 1.807) is 23.7 Å². The van der Waals surface area contributed by atoms with Gasteiger partial charge in [-0.3, -0.25) is 4.79 Å². The van der Waals surface area contributed by atoms with Gasteiger partial charge in [-0.15, -0.1) is 11.3 Å². The summed E-state index contributed by atoms with van der Waals surface area (Å²) < 4.78 is 6.08. The highest BCUT2D eigenvalue weighted by molar-refractivity contribution is 7.16. The van der Waals surface area contributed by atoms with Crippen molar-refractivity contribution in [2.24, 2.45) is 11.8 Å². The van der Waals surface area contributed by atoms with E-state index in [1.807, 2.05) is 0 Å². The number of hydrogen-bond acceptors (Lipinski definition) is 5. The van der Waals surface area contributed by atoms with Gasteiger partial charge in [-0.1, -0.05) is 26.7 Å². The molecule has 1 aliphatic carbocycles. The molecule has 1 aromatic heterocycles. The number of fused-ring (bicyclic) bond motifs is 1. The molecule has 1 amide bonds. The summed E-state index contributed by atoms with van der Waals surface area (Å²) in [6.07, 6.45) is 3.33. The Morgan fingerprint density at radius 3 is 3.00 bits per heavy atom. The van der Waals surface area contributed by atoms with E-state index in [-0.39, 0.29) is 18.6 Å². The molecule has 0 aliphatic heterocycles. The fraction of sp³-hybridized carbons (Fsp3) is 0.500. The van der Waals surface area contributed by atoms with E-state index in [4.69, 9.17) is 4.74 Å². The monoisotopic (exact) mass is 346 g/mol. The second kappa shape index (κ2) is 7.30. The number of nitrogens with one attached hydrogen (secondary N) is 1. The Bertz CT molecular complexity index is 743. The summed E-state index contributed by atoms with van der Waals surface area (Å²) in [5.41, 5.74) is 3.04. The number of thiazole rings is 1. The van der Waals surface area contributed by atoms with Gasteiger partial charge in [-0.25, -0.2) is 9.78 Å². The predicted molar refractivity (Wildman–Crippen MR) is 94.0 cm³/mol. The predicted octanol–water partition coefficient (Wildman–Crippen LogP) is 3.39. The number of aromatic nitrogens is 1. The number of carbonyl (C=O) groups excluding carboxylic acids is 2. The molecule has 2 aromatic rings. The average molecular weight is 346 g/mol. The third kappa shape index (κ3) is 3.75. The average Bonchev–Trinajstić information content (AvgIpc) is 3.04. The van der Waals surface area contributed by atoms with Crippen LogP contribution >= 0.6 is 11.3 Å². The summed E-state index contributed by atoms with van der Waals surface area (Å²) in [7, 11) is 0. The van der Waals surface area contributed by atoms with E-state index in [1.165, 1.54) is 17.8 Å². The first kappa shape index (κ1) is 16.9. The van der Waals surface area contributed by atoms with E-state index in [9.17, 15) is 9.59 Å². The minimum Gasteiger partial charge on any atom is -0.452 e. The van der Waals surface area contributed by atoms with Crippen molar-refractivity contribution in [3.8, 4) is 0 Å². The topological polar surface area (TPSA) is 68.3 Å². The molecule has 1 fully saturated rings. The molecule has 1 heterocycles. The maximum atomic E-state index is 12.1. The lowest BCUT2D eigenvalue weighted by molar-refractivity contribution is -0.125. The highest BCUT2D eigenvalue weighted by Gasteiger charge is 2.28. The van der Waals surface area contributed by atoms with Crippen molar-refractivity contribution in [1.29, 1.82) is 0 Å². The lowest BCUT2D eigenvalue weighted by atomic mass is 9.78. The molecule has 1 aliphatic rings. The SMILES string of the molecule is C[C@H]1[C@H](C)CCC[C@H]1NC(=O)COC(=O)c1ccc2ncsc2c1. The minimum absolute atomic E-state index is 0.175. The molecule has 1 saturated carbocycles. The summed E-state index contributed by atoms with van der Waals surface area (Å²) in [6.45, 7) is 4.15. The summed E-state index contributed by atoms with van der Waals surface area (Å²) in [5.74, 6) is 0.351. The molecule has 0 bridgehead atoms. The number of esters is 1. The zero-order chi connectivity index (χ0) is 17.1. The molecule has 24 heavy (non-hydrogen) atoms. The summed E-state index contributed by atoms with van der Waals surface area (Å²) >= 11 is 1.47. The van der Waals surface area contributed by atoms with Crippen molar-refractivity contribution in [2.45, 2.75) is 39.2 Å². The molecule has 5 nitrogen and oxygen atoms in total. The number of hydrogen-bond donors (Lipinski definition) is 1. The van der Waals surface area contributed by atoms with Crippen LogP contribution in [0.1, 0.15) is 43.5 Å². The molecule has 0 spiro atoms. The van der Waals surface area contributed by atoms with Crippen LogP contribution < -0.4 is 5.32 Å². The molecule has 6 heteroatoms. The first-order chi connectivity index (χ1) is 11.5. The van der Waals surface area contributed by atoms with Gasteiger partial charge < -0.3 is 10.1 Å². The molecule has 1 N–H and O–H groups in total. The molecular weight excluding hydrogens is 324 g/mol. The van der Waals surface area contributed by atoms with Gasteiger partial charge in [0.2, 0.25) is 0 Å². The Labute approximate surface area is 145 Å². The first-order valence-electron chi connectivity index (χ1n) is 8.34. The van der Waals surface area contributed by atoms with Crippen LogP contribution in [-0.4, -0.2) is 29.5 Å². The Hall–Kier alpha value is -1.95. The van der Waals surface area contributed by atoms with E-state index >= 15 is 0 Å². The normalized spacial score (nSPS) is 23.8. The van der Waals surface area contributed by atoms with Gasteiger partial charge in [0.15, 0.2) is 6.61 Å². The second-order valence-corrected chi connectivity index (χ2v) is 7.44. The molecule has 1 aromatic carbocycles. The van der Waals surface area contributed by atoms with Gasteiger partial charge in [0, 0.05) is 6.04 Å². The van der Waals surface area contributed by atoms with Crippen molar-refractivity contribution in [3.63, 3.8) is 0 Å². The number of nitrogens with zero attached hydrogens (tertiary/aromatic N) is 1. The molecule has 3 rings (SSSR count). The summed E-state index contributed by atoms with van der Waals surface area (Å²) in [6, 6.07) is 5.38. The number of rotatable bonds is 4. The molecule has 3 atom stereocenters. The minimum atomic E-state index is -0.481. The van der Waals surface area contributed by atoms with Gasteiger partial charge in [-0.05, 0) is 36.5 Å². The van der Waals surface area contributed by atoms with E-state index in [0.717, 1.165) is 23.1 Å². The standard InChI is InChI=1S/C18H22N2O3S/c1-11-4-3-5-14(12(11)2)20-17(21)9-23-18(22)13-6-7-15-16(8-13)24-10-19-15/h6-8,10-12,14H,3-5,9H2,1-2H3,(H,20,21)/t11-,12+,14-/m1/s1. The second-order valence-electron chi connectivity index (χ2n) is 6.55. The number of ether oxygens (including phenoxy) is 1. The zero-order valence-corrected chi connectivity index (χ0v) is 14.8. The van der Waals surface area contributed by atoms with Gasteiger partial charge >= 0.3 is 5.97 Å². The first-order valence-corrected chi connectivity index (χ1v) is 9.22. The Morgan fingerprint density at radius 1 is 1.33 bits per heavy atom. The third-order valence-electron chi connectivity index (χ3n) is 4.95. The summed E-state index contributed by atoms with van der Waals surface area (Å²) in [4.78, 5) is 28.4. The van der Waals surface area contributed by atoms with Crippen LogP contribution in [0.4, 0.5) is 0 Å². The maximum absolute atomic E-state index is 12.1. The Morgan fingerprint density at radius 2 is 2.17 bits per heavy atom. The molecule has 0 radical (unpaired) electrons. The smallest absolute Gasteiger partial charge is 0.338 e. The van der Waals surface area contributed by atoms with Crippen LogP contribution in [0.15, 0.2) is 23.7 Å². The summed E-state index contributed by atoms with van der Waals surface area (Å²) in [5, 5.41) is 3.01. The van der Waals surface area contributed by atoms with Crippen molar-refractivity contribution < 1.29 is 14.3 Å².